The van der Waals surface area contributed by atoms with Crippen molar-refractivity contribution in [1.82, 2.24) is 4.98 Å². The number of pyridine rings is 1. The van der Waals surface area contributed by atoms with Crippen molar-refractivity contribution in [2.45, 2.75) is 12.5 Å². The summed E-state index contributed by atoms with van der Waals surface area (Å²) in [5.74, 6) is 2.99. The molecule has 0 aliphatic carbocycles. The van der Waals surface area contributed by atoms with Crippen LogP contribution in [0.1, 0.15) is 5.56 Å². The number of thioether (sulfide) groups is 1. The molecule has 1 fully saturated rings. The lowest BCUT2D eigenvalue weighted by atomic mass is 9.96. The fourth-order valence-electron chi connectivity index (χ4n) is 1.65. The highest BCUT2D eigenvalue weighted by Gasteiger charge is 2.24. The van der Waals surface area contributed by atoms with Crippen LogP contribution in [0.5, 0.6) is 0 Å². The summed E-state index contributed by atoms with van der Waals surface area (Å²) in [5, 5.41) is 0. The molecular weight excluding hydrogens is 180 g/mol. The summed E-state index contributed by atoms with van der Waals surface area (Å²) in [6.45, 7) is 0. The van der Waals surface area contributed by atoms with Crippen molar-refractivity contribution in [3.63, 3.8) is 0 Å². The highest BCUT2D eigenvalue weighted by molar-refractivity contribution is 7.99. The minimum Gasteiger partial charge on any atom is -0.327 e. The fourth-order valence-corrected chi connectivity index (χ4v) is 3.00. The second-order valence-electron chi connectivity index (χ2n) is 3.52. The molecule has 1 aromatic heterocycles. The molecule has 2 unspecified atom stereocenters. The minimum atomic E-state index is 0.387. The van der Waals surface area contributed by atoms with E-state index in [4.69, 9.17) is 5.73 Å². The molecular formula is C10H14N2S. The Morgan fingerprint density at radius 3 is 2.77 bits per heavy atom. The molecule has 2 rings (SSSR count). The average molecular weight is 194 g/mol. The van der Waals surface area contributed by atoms with E-state index < -0.39 is 0 Å². The standard InChI is InChI=1S/C10H14N2S/c11-10-7-13-6-9(10)5-8-1-3-12-4-2-8/h1-4,9-10H,5-7,11H2. The fraction of sp³-hybridized carbons (Fsp3) is 0.500. The van der Waals surface area contributed by atoms with Crippen LogP contribution in [0.4, 0.5) is 0 Å². The van der Waals surface area contributed by atoms with Gasteiger partial charge in [0, 0.05) is 24.2 Å². The SMILES string of the molecule is NC1CSCC1Cc1ccncc1. The zero-order valence-electron chi connectivity index (χ0n) is 7.52. The summed E-state index contributed by atoms with van der Waals surface area (Å²) < 4.78 is 0. The predicted octanol–water partition coefficient (Wildman–Crippen LogP) is 1.31. The Kier molecular flexibility index (Phi) is 2.86. The number of hydrogen-bond donors (Lipinski definition) is 1. The molecule has 0 spiro atoms. The Morgan fingerprint density at radius 2 is 2.15 bits per heavy atom. The van der Waals surface area contributed by atoms with Crippen molar-refractivity contribution in [3.05, 3.63) is 30.1 Å². The highest BCUT2D eigenvalue weighted by Crippen LogP contribution is 2.25. The quantitative estimate of drug-likeness (QED) is 0.771. The molecule has 0 amide bonds. The molecule has 2 nitrogen and oxygen atoms in total. The lowest BCUT2D eigenvalue weighted by Crippen LogP contribution is -2.29. The Labute approximate surface area is 82.9 Å². The summed E-state index contributed by atoms with van der Waals surface area (Å²) >= 11 is 1.97. The van der Waals surface area contributed by atoms with Gasteiger partial charge in [0.1, 0.15) is 0 Å². The van der Waals surface area contributed by atoms with Gasteiger partial charge in [0.05, 0.1) is 0 Å². The first-order chi connectivity index (χ1) is 6.36. The molecule has 0 aromatic carbocycles. The topological polar surface area (TPSA) is 38.9 Å². The van der Waals surface area contributed by atoms with E-state index in [-0.39, 0.29) is 0 Å². The van der Waals surface area contributed by atoms with Crippen LogP contribution in [0.2, 0.25) is 0 Å². The second kappa shape index (κ2) is 4.11. The normalized spacial score (nSPS) is 27.8. The van der Waals surface area contributed by atoms with Crippen molar-refractivity contribution in [2.24, 2.45) is 11.7 Å². The first-order valence-corrected chi connectivity index (χ1v) is 5.74. The van der Waals surface area contributed by atoms with Crippen molar-refractivity contribution < 1.29 is 0 Å². The van der Waals surface area contributed by atoms with Crippen molar-refractivity contribution in [3.8, 4) is 0 Å². The van der Waals surface area contributed by atoms with Crippen molar-refractivity contribution in [2.75, 3.05) is 11.5 Å². The Hall–Kier alpha value is -0.540. The largest absolute Gasteiger partial charge is 0.327 e. The molecule has 2 atom stereocenters. The van der Waals surface area contributed by atoms with Crippen LogP contribution >= 0.6 is 11.8 Å². The predicted molar refractivity (Wildman–Crippen MR) is 56.7 cm³/mol. The summed E-state index contributed by atoms with van der Waals surface area (Å²) in [5.41, 5.74) is 7.35. The molecule has 0 radical (unpaired) electrons. The third-order valence-corrected chi connectivity index (χ3v) is 3.78. The van der Waals surface area contributed by atoms with Gasteiger partial charge in [-0.3, -0.25) is 4.98 Å². The van der Waals surface area contributed by atoms with Gasteiger partial charge in [-0.15, -0.1) is 0 Å². The smallest absolute Gasteiger partial charge is 0.0270 e. The van der Waals surface area contributed by atoms with Gasteiger partial charge in [0.2, 0.25) is 0 Å². The molecule has 1 saturated heterocycles. The van der Waals surface area contributed by atoms with E-state index in [0.717, 1.165) is 12.2 Å². The van der Waals surface area contributed by atoms with Gasteiger partial charge in [-0.1, -0.05) is 0 Å². The number of rotatable bonds is 2. The van der Waals surface area contributed by atoms with E-state index in [1.54, 1.807) is 0 Å². The third-order valence-electron chi connectivity index (χ3n) is 2.49. The summed E-state index contributed by atoms with van der Waals surface area (Å²) in [7, 11) is 0. The van der Waals surface area contributed by atoms with Gasteiger partial charge in [-0.05, 0) is 35.8 Å². The van der Waals surface area contributed by atoms with Crippen LogP contribution in [0.25, 0.3) is 0 Å². The lowest BCUT2D eigenvalue weighted by molar-refractivity contribution is 0.515. The third kappa shape index (κ3) is 2.23. The van der Waals surface area contributed by atoms with Gasteiger partial charge in [0.25, 0.3) is 0 Å². The van der Waals surface area contributed by atoms with E-state index in [0.29, 0.717) is 12.0 Å². The van der Waals surface area contributed by atoms with Crippen LogP contribution in [0, 0.1) is 5.92 Å². The maximum absolute atomic E-state index is 5.99. The first kappa shape index (κ1) is 9.03. The van der Waals surface area contributed by atoms with Gasteiger partial charge < -0.3 is 5.73 Å². The molecule has 1 aromatic rings. The number of nitrogens with two attached hydrogens (primary N) is 1. The maximum Gasteiger partial charge on any atom is 0.0270 e. The van der Waals surface area contributed by atoms with Crippen molar-refractivity contribution in [1.29, 1.82) is 0 Å². The van der Waals surface area contributed by atoms with Crippen LogP contribution in [-0.2, 0) is 6.42 Å². The number of aromatic nitrogens is 1. The number of nitrogens with zero attached hydrogens (tertiary/aromatic N) is 1. The Bertz CT molecular complexity index is 263. The van der Waals surface area contributed by atoms with E-state index >= 15 is 0 Å². The van der Waals surface area contributed by atoms with Crippen LogP contribution in [0.3, 0.4) is 0 Å². The molecule has 70 valence electrons. The molecule has 13 heavy (non-hydrogen) atoms. The molecule has 1 aliphatic rings. The lowest BCUT2D eigenvalue weighted by Gasteiger charge is -2.13. The Morgan fingerprint density at radius 1 is 1.38 bits per heavy atom. The zero-order valence-corrected chi connectivity index (χ0v) is 8.33. The van der Waals surface area contributed by atoms with Gasteiger partial charge in [-0.2, -0.15) is 11.8 Å². The van der Waals surface area contributed by atoms with E-state index in [1.165, 1.54) is 11.3 Å². The number of hydrogen-bond acceptors (Lipinski definition) is 3. The van der Waals surface area contributed by atoms with Crippen molar-refractivity contribution >= 4 is 11.8 Å². The van der Waals surface area contributed by atoms with E-state index in [2.05, 4.69) is 17.1 Å². The Balaban J connectivity index is 1.98. The van der Waals surface area contributed by atoms with Gasteiger partial charge in [0.15, 0.2) is 0 Å². The average Bonchev–Trinajstić information content (AvgIpc) is 2.54. The van der Waals surface area contributed by atoms with Crippen LogP contribution in [0.15, 0.2) is 24.5 Å². The minimum absolute atomic E-state index is 0.387. The summed E-state index contributed by atoms with van der Waals surface area (Å²) in [6.07, 6.45) is 4.81. The first-order valence-electron chi connectivity index (χ1n) is 4.58. The molecule has 1 aliphatic heterocycles. The molecule has 2 heterocycles. The molecule has 3 heteroatoms. The molecule has 0 bridgehead atoms. The van der Waals surface area contributed by atoms with Gasteiger partial charge >= 0.3 is 0 Å². The van der Waals surface area contributed by atoms with Gasteiger partial charge in [-0.25, -0.2) is 0 Å². The van der Waals surface area contributed by atoms with Crippen LogP contribution in [-0.4, -0.2) is 22.5 Å². The molecule has 0 saturated carbocycles. The van der Waals surface area contributed by atoms with E-state index in [9.17, 15) is 0 Å². The second-order valence-corrected chi connectivity index (χ2v) is 4.60. The maximum atomic E-state index is 5.99. The van der Waals surface area contributed by atoms with Crippen LogP contribution < -0.4 is 5.73 Å². The summed E-state index contributed by atoms with van der Waals surface area (Å²) in [6, 6.07) is 4.55. The highest BCUT2D eigenvalue weighted by atomic mass is 32.2. The van der Waals surface area contributed by atoms with E-state index in [1.807, 2.05) is 24.2 Å². The molecule has 2 N–H and O–H groups in total. The monoisotopic (exact) mass is 194 g/mol. The zero-order chi connectivity index (χ0) is 9.10. The summed E-state index contributed by atoms with van der Waals surface area (Å²) in [4.78, 5) is 4.00.